The molecule has 0 saturated heterocycles. The zero-order valence-electron chi connectivity index (χ0n) is 13.6. The summed E-state index contributed by atoms with van der Waals surface area (Å²) in [5.74, 6) is 0.269. The normalized spacial score (nSPS) is 11.3. The Hall–Kier alpha value is -1.15. The summed E-state index contributed by atoms with van der Waals surface area (Å²) in [4.78, 5) is 20.4. The van der Waals surface area contributed by atoms with Crippen LogP contribution in [-0.2, 0) is 15.9 Å². The van der Waals surface area contributed by atoms with E-state index in [0.29, 0.717) is 8.73 Å². The molecule has 4 nitrogen and oxygen atoms in total. The van der Waals surface area contributed by atoms with Crippen LogP contribution >= 0.6 is 34.4 Å². The van der Waals surface area contributed by atoms with Gasteiger partial charge in [0, 0.05) is 5.75 Å². The zero-order chi connectivity index (χ0) is 17.0. The molecule has 0 bridgehead atoms. The van der Waals surface area contributed by atoms with Gasteiger partial charge in [-0.2, -0.15) is 0 Å². The van der Waals surface area contributed by atoms with E-state index in [9.17, 15) is 4.79 Å². The van der Waals surface area contributed by atoms with Crippen LogP contribution in [0.1, 0.15) is 42.4 Å². The van der Waals surface area contributed by atoms with Gasteiger partial charge in [0.25, 0.3) is 0 Å². The lowest BCUT2D eigenvalue weighted by molar-refractivity contribution is 0.0588. The fraction of sp³-hybridized carbons (Fsp3) is 0.353. The second-order valence-electron chi connectivity index (χ2n) is 6.07. The highest BCUT2D eigenvalue weighted by atomic mass is 127. The van der Waals surface area contributed by atoms with Crippen LogP contribution in [0.3, 0.4) is 0 Å². The van der Waals surface area contributed by atoms with Crippen molar-refractivity contribution in [2.45, 2.75) is 37.0 Å². The number of hydrogen-bond acceptors (Lipinski definition) is 5. The Morgan fingerprint density at radius 3 is 2.48 bits per heavy atom. The standard InChI is InChI=1S/C17H19IN2O2S/c1-17(2,3)12-7-5-11(6-8-12)10-23-15-14(16(21)22-4)20-13(18)9-19-15/h5-9H,10H2,1-4H3. The van der Waals surface area contributed by atoms with Gasteiger partial charge in [0.1, 0.15) is 8.73 Å². The summed E-state index contributed by atoms with van der Waals surface area (Å²) in [5.41, 5.74) is 2.90. The van der Waals surface area contributed by atoms with Crippen molar-refractivity contribution >= 4 is 40.3 Å². The molecule has 122 valence electrons. The smallest absolute Gasteiger partial charge is 0.359 e. The predicted molar refractivity (Wildman–Crippen MR) is 101 cm³/mol. The number of ether oxygens (including phenoxy) is 1. The van der Waals surface area contributed by atoms with Crippen molar-refractivity contribution in [3.8, 4) is 0 Å². The van der Waals surface area contributed by atoms with Crippen molar-refractivity contribution in [3.63, 3.8) is 0 Å². The summed E-state index contributed by atoms with van der Waals surface area (Å²) >= 11 is 3.52. The molecule has 0 aliphatic carbocycles. The van der Waals surface area contributed by atoms with E-state index in [-0.39, 0.29) is 11.1 Å². The predicted octanol–water partition coefficient (Wildman–Crippen LogP) is 4.46. The molecule has 1 aromatic carbocycles. The van der Waals surface area contributed by atoms with E-state index in [2.05, 4.69) is 55.0 Å². The van der Waals surface area contributed by atoms with Gasteiger partial charge in [0.05, 0.1) is 13.3 Å². The average molecular weight is 442 g/mol. The lowest BCUT2D eigenvalue weighted by Crippen LogP contribution is -2.10. The largest absolute Gasteiger partial charge is 0.464 e. The molecule has 0 spiro atoms. The van der Waals surface area contributed by atoms with Crippen molar-refractivity contribution in [2.24, 2.45) is 0 Å². The number of rotatable bonds is 4. The van der Waals surface area contributed by atoms with E-state index in [1.54, 1.807) is 6.20 Å². The van der Waals surface area contributed by atoms with E-state index >= 15 is 0 Å². The fourth-order valence-electron chi connectivity index (χ4n) is 1.94. The van der Waals surface area contributed by atoms with Crippen LogP contribution in [0.15, 0.2) is 35.5 Å². The van der Waals surface area contributed by atoms with Crippen LogP contribution in [0.25, 0.3) is 0 Å². The van der Waals surface area contributed by atoms with Gasteiger partial charge in [-0.05, 0) is 39.1 Å². The van der Waals surface area contributed by atoms with E-state index < -0.39 is 5.97 Å². The third-order valence-electron chi connectivity index (χ3n) is 3.28. The van der Waals surface area contributed by atoms with Crippen molar-refractivity contribution < 1.29 is 9.53 Å². The molecule has 0 N–H and O–H groups in total. The summed E-state index contributed by atoms with van der Waals surface area (Å²) < 4.78 is 5.45. The van der Waals surface area contributed by atoms with Gasteiger partial charge in [0.2, 0.25) is 0 Å². The molecule has 6 heteroatoms. The molecule has 23 heavy (non-hydrogen) atoms. The molecule has 1 heterocycles. The quantitative estimate of drug-likeness (QED) is 0.398. The topological polar surface area (TPSA) is 52.1 Å². The van der Waals surface area contributed by atoms with Crippen LogP contribution in [0.4, 0.5) is 0 Å². The van der Waals surface area contributed by atoms with Gasteiger partial charge in [-0.25, -0.2) is 14.8 Å². The number of hydrogen-bond donors (Lipinski definition) is 0. The molecule has 0 amide bonds. The number of methoxy groups -OCH3 is 1. The molecule has 0 fully saturated rings. The highest BCUT2D eigenvalue weighted by Crippen LogP contribution is 2.27. The third-order valence-corrected chi connectivity index (χ3v) is 4.85. The first-order valence-corrected chi connectivity index (χ1v) is 9.21. The van der Waals surface area contributed by atoms with Crippen molar-refractivity contribution in [1.29, 1.82) is 0 Å². The van der Waals surface area contributed by atoms with E-state index in [1.807, 2.05) is 22.6 Å². The maximum atomic E-state index is 11.8. The lowest BCUT2D eigenvalue weighted by Gasteiger charge is -2.19. The van der Waals surface area contributed by atoms with Crippen molar-refractivity contribution in [1.82, 2.24) is 9.97 Å². The number of nitrogens with zero attached hydrogens (tertiary/aromatic N) is 2. The van der Waals surface area contributed by atoms with Crippen molar-refractivity contribution in [3.05, 3.63) is 51.0 Å². The molecule has 0 aliphatic rings. The Balaban J connectivity index is 2.13. The van der Waals surface area contributed by atoms with Gasteiger partial charge < -0.3 is 4.74 Å². The Bertz CT molecular complexity index is 697. The summed E-state index contributed by atoms with van der Waals surface area (Å²) in [5, 5.41) is 0.595. The van der Waals surface area contributed by atoms with Crippen LogP contribution in [0.5, 0.6) is 0 Å². The first-order chi connectivity index (χ1) is 10.8. The van der Waals surface area contributed by atoms with E-state index in [1.165, 1.54) is 30.0 Å². The summed E-state index contributed by atoms with van der Waals surface area (Å²) in [6, 6.07) is 8.53. The minimum atomic E-state index is -0.457. The number of aromatic nitrogens is 2. The minimum Gasteiger partial charge on any atom is -0.464 e. The zero-order valence-corrected chi connectivity index (χ0v) is 16.6. The maximum absolute atomic E-state index is 11.8. The molecule has 2 aromatic rings. The monoisotopic (exact) mass is 442 g/mol. The van der Waals surface area contributed by atoms with E-state index in [4.69, 9.17) is 4.74 Å². The number of benzene rings is 1. The minimum absolute atomic E-state index is 0.144. The van der Waals surface area contributed by atoms with Gasteiger partial charge in [-0.15, -0.1) is 0 Å². The fourth-order valence-corrected chi connectivity index (χ4v) is 3.21. The molecule has 0 radical (unpaired) electrons. The van der Waals surface area contributed by atoms with E-state index in [0.717, 1.165) is 5.75 Å². The van der Waals surface area contributed by atoms with Gasteiger partial charge in [-0.1, -0.05) is 56.8 Å². The Kier molecular flexibility index (Phi) is 6.02. The van der Waals surface area contributed by atoms with Crippen LogP contribution < -0.4 is 0 Å². The summed E-state index contributed by atoms with van der Waals surface area (Å²) in [7, 11) is 1.35. The van der Waals surface area contributed by atoms with Crippen LogP contribution in [0.2, 0.25) is 0 Å². The number of thioether (sulfide) groups is 1. The lowest BCUT2D eigenvalue weighted by atomic mass is 9.87. The molecule has 1 aromatic heterocycles. The van der Waals surface area contributed by atoms with Gasteiger partial charge >= 0.3 is 5.97 Å². The first kappa shape index (κ1) is 18.2. The summed E-state index contributed by atoms with van der Waals surface area (Å²) in [6.45, 7) is 6.59. The number of carbonyl (C=O) groups excluding carboxylic acids is 1. The highest BCUT2D eigenvalue weighted by Gasteiger charge is 2.17. The Labute approximate surface area is 154 Å². The molecular weight excluding hydrogens is 423 g/mol. The molecule has 0 unspecified atom stereocenters. The second-order valence-corrected chi connectivity index (χ2v) is 8.14. The maximum Gasteiger partial charge on any atom is 0.359 e. The second kappa shape index (κ2) is 7.61. The molecule has 0 aliphatic heterocycles. The molecule has 2 rings (SSSR count). The Morgan fingerprint density at radius 1 is 1.26 bits per heavy atom. The molecule has 0 atom stereocenters. The molecule has 0 saturated carbocycles. The number of halogens is 1. The molecular formula is C17H19IN2O2S. The third kappa shape index (κ3) is 4.91. The van der Waals surface area contributed by atoms with Crippen molar-refractivity contribution in [2.75, 3.05) is 7.11 Å². The first-order valence-electron chi connectivity index (χ1n) is 7.14. The van der Waals surface area contributed by atoms with Gasteiger partial charge in [0.15, 0.2) is 5.69 Å². The van der Waals surface area contributed by atoms with Crippen LogP contribution in [0, 0.1) is 3.70 Å². The van der Waals surface area contributed by atoms with Crippen LogP contribution in [-0.4, -0.2) is 23.0 Å². The highest BCUT2D eigenvalue weighted by molar-refractivity contribution is 14.1. The van der Waals surface area contributed by atoms with Gasteiger partial charge in [-0.3, -0.25) is 0 Å². The Morgan fingerprint density at radius 2 is 1.91 bits per heavy atom. The SMILES string of the molecule is COC(=O)c1nc(I)cnc1SCc1ccc(C(C)(C)C)cc1. The summed E-state index contributed by atoms with van der Waals surface area (Å²) in [6.07, 6.45) is 1.65. The number of esters is 1. The number of carbonyl (C=O) groups is 1. The average Bonchev–Trinajstić information content (AvgIpc) is 2.52.